The Bertz CT molecular complexity index is 1040. The Balaban J connectivity index is 2.44. The molecule has 0 aliphatic heterocycles. The summed E-state index contributed by atoms with van der Waals surface area (Å²) in [6.07, 6.45) is -2.47. The summed E-state index contributed by atoms with van der Waals surface area (Å²) in [5.41, 5.74) is 5.28. The molecule has 0 atom stereocenters. The summed E-state index contributed by atoms with van der Waals surface area (Å²) in [5, 5.41) is 16.0. The molecule has 0 spiro atoms. The lowest BCUT2D eigenvalue weighted by molar-refractivity contribution is -0.0918. The number of hydrogen-bond acceptors (Lipinski definition) is 4. The highest BCUT2D eigenvalue weighted by Gasteiger charge is 2.35. The zero-order chi connectivity index (χ0) is 19.3. The van der Waals surface area contributed by atoms with Crippen LogP contribution in [0, 0.1) is 5.41 Å². The first-order valence-corrected chi connectivity index (χ1v) is 7.89. The van der Waals surface area contributed by atoms with Crippen molar-refractivity contribution in [2.75, 3.05) is 0 Å². The fourth-order valence-corrected chi connectivity index (χ4v) is 2.92. The largest absolute Gasteiger partial charge is 0.431 e. The molecule has 0 aliphatic rings. The van der Waals surface area contributed by atoms with E-state index in [0.717, 1.165) is 21.9 Å². The number of nitrogens with one attached hydrogen (secondary N) is 2. The molecule has 0 unspecified atom stereocenters. The van der Waals surface area contributed by atoms with Crippen LogP contribution in [0.15, 0.2) is 30.1 Å². The number of benzene rings is 1. The number of aromatic amines is 1. The summed E-state index contributed by atoms with van der Waals surface area (Å²) in [7, 11) is 0. The van der Waals surface area contributed by atoms with Crippen molar-refractivity contribution in [1.82, 2.24) is 15.2 Å². The topological polar surface area (TPSA) is 91.4 Å². The summed E-state index contributed by atoms with van der Waals surface area (Å²) in [6.45, 7) is 5.89. The number of halogens is 3. The van der Waals surface area contributed by atoms with Gasteiger partial charge in [0.25, 0.3) is 0 Å². The Labute approximate surface area is 147 Å². The molecule has 26 heavy (non-hydrogen) atoms. The average molecular weight is 361 g/mol. The van der Waals surface area contributed by atoms with Gasteiger partial charge >= 0.3 is 6.18 Å². The molecule has 0 saturated carbocycles. The minimum atomic E-state index is -4.74. The van der Waals surface area contributed by atoms with Gasteiger partial charge in [0.1, 0.15) is 5.70 Å². The lowest BCUT2D eigenvalue weighted by Crippen LogP contribution is -2.22. The fourth-order valence-electron chi connectivity index (χ4n) is 2.92. The molecule has 5 nitrogen and oxygen atoms in total. The molecule has 3 rings (SSSR count). The number of nitrogens with zero attached hydrogens (tertiary/aromatic N) is 2. The van der Waals surface area contributed by atoms with Gasteiger partial charge in [0.15, 0.2) is 0 Å². The zero-order valence-corrected chi connectivity index (χ0v) is 14.5. The van der Waals surface area contributed by atoms with E-state index in [2.05, 4.69) is 15.2 Å². The highest BCUT2D eigenvalue weighted by molar-refractivity contribution is 6.12. The molecular weight excluding hydrogens is 343 g/mol. The number of rotatable bonds is 2. The third-order valence-corrected chi connectivity index (χ3v) is 4.22. The minimum absolute atomic E-state index is 0.0232. The van der Waals surface area contributed by atoms with E-state index in [0.29, 0.717) is 11.7 Å². The maximum Gasteiger partial charge on any atom is 0.431 e. The number of H-pyrrole nitrogens is 1. The number of hydrogen-bond donors (Lipinski definition) is 3. The van der Waals surface area contributed by atoms with Gasteiger partial charge in [-0.25, -0.2) is 4.98 Å². The van der Waals surface area contributed by atoms with Gasteiger partial charge in [0.05, 0.1) is 22.9 Å². The van der Waals surface area contributed by atoms with E-state index in [1.165, 1.54) is 0 Å². The number of pyridine rings is 1. The van der Waals surface area contributed by atoms with Crippen LogP contribution in [0.5, 0.6) is 0 Å². The molecule has 1 aromatic carbocycles. The van der Waals surface area contributed by atoms with Crippen LogP contribution in [0.4, 0.5) is 13.2 Å². The Morgan fingerprint density at radius 3 is 2.50 bits per heavy atom. The molecule has 0 bridgehead atoms. The molecule has 0 aliphatic carbocycles. The first-order chi connectivity index (χ1) is 12.0. The van der Waals surface area contributed by atoms with Gasteiger partial charge in [-0.3, -0.25) is 5.10 Å². The van der Waals surface area contributed by atoms with E-state index >= 15 is 0 Å². The summed E-state index contributed by atoms with van der Waals surface area (Å²) >= 11 is 0. The van der Waals surface area contributed by atoms with Crippen molar-refractivity contribution in [3.63, 3.8) is 0 Å². The average Bonchev–Trinajstić information content (AvgIpc) is 3.01. The quantitative estimate of drug-likeness (QED) is 0.595. The van der Waals surface area contributed by atoms with Crippen LogP contribution in [0.25, 0.3) is 27.4 Å². The molecule has 4 N–H and O–H groups in total. The Hall–Kier alpha value is -2.90. The van der Waals surface area contributed by atoms with Crippen molar-refractivity contribution in [3.8, 4) is 0 Å². The van der Waals surface area contributed by atoms with Crippen molar-refractivity contribution >= 4 is 33.6 Å². The van der Waals surface area contributed by atoms with Crippen LogP contribution >= 0.6 is 0 Å². The van der Waals surface area contributed by atoms with Gasteiger partial charge in [-0.15, -0.1) is 0 Å². The molecule has 8 heteroatoms. The molecule has 2 aromatic heterocycles. The van der Waals surface area contributed by atoms with Crippen LogP contribution < -0.4 is 5.73 Å². The van der Waals surface area contributed by atoms with Gasteiger partial charge in [-0.2, -0.15) is 18.3 Å². The molecule has 2 heterocycles. The third kappa shape index (κ3) is 2.91. The predicted molar refractivity (Wildman–Crippen MR) is 96.0 cm³/mol. The van der Waals surface area contributed by atoms with Crippen molar-refractivity contribution in [2.45, 2.75) is 32.4 Å². The minimum Gasteiger partial charge on any atom is -0.394 e. The smallest absolute Gasteiger partial charge is 0.394 e. The summed E-state index contributed by atoms with van der Waals surface area (Å²) in [4.78, 5) is 4.35. The van der Waals surface area contributed by atoms with Crippen molar-refractivity contribution in [1.29, 1.82) is 5.41 Å². The summed E-state index contributed by atoms with van der Waals surface area (Å²) in [6, 6.07) is 5.07. The normalized spacial score (nSPS) is 13.9. The number of alkyl halides is 3. The molecule has 0 amide bonds. The number of nitrogens with two attached hydrogens (primary N) is 1. The predicted octanol–water partition coefficient (Wildman–Crippen LogP) is 4.29. The van der Waals surface area contributed by atoms with Crippen molar-refractivity contribution in [3.05, 3.63) is 41.4 Å². The molecule has 136 valence electrons. The summed E-state index contributed by atoms with van der Waals surface area (Å²) in [5.74, 6) is 0. The van der Waals surface area contributed by atoms with Gasteiger partial charge in [0, 0.05) is 22.6 Å². The molecule has 0 saturated heterocycles. The van der Waals surface area contributed by atoms with Crippen molar-refractivity contribution in [2.24, 2.45) is 5.73 Å². The Morgan fingerprint density at radius 2 is 1.92 bits per heavy atom. The second-order valence-electron chi connectivity index (χ2n) is 7.07. The second kappa shape index (κ2) is 5.82. The maximum absolute atomic E-state index is 13.1. The van der Waals surface area contributed by atoms with Gasteiger partial charge < -0.3 is 11.1 Å². The molecular formula is C18H18F3N5. The van der Waals surface area contributed by atoms with Gasteiger partial charge in [-0.05, 0) is 29.2 Å². The monoisotopic (exact) mass is 361 g/mol. The first kappa shape index (κ1) is 17.9. The highest BCUT2D eigenvalue weighted by Crippen LogP contribution is 2.36. The summed E-state index contributed by atoms with van der Waals surface area (Å²) < 4.78 is 39.2. The standard InChI is InChI=1S/C18H18F3N5/c1-17(2,3)11-6-14(9(7-22)16(23)18(19,20)21)25-13-5-4-12-10(15(11)13)8-24-26-12/h4-8,22H,23H2,1-3H3,(H,24,26). The fraction of sp³-hybridized carbons (Fsp3) is 0.278. The van der Waals surface area contributed by atoms with E-state index in [1.54, 1.807) is 24.4 Å². The number of fused-ring (bicyclic) bond motifs is 3. The molecule has 0 fully saturated rings. The lowest BCUT2D eigenvalue weighted by atomic mass is 9.83. The van der Waals surface area contributed by atoms with E-state index in [1.807, 2.05) is 20.8 Å². The van der Waals surface area contributed by atoms with E-state index < -0.39 is 17.4 Å². The lowest BCUT2D eigenvalue weighted by Gasteiger charge is -2.23. The maximum atomic E-state index is 13.1. The van der Waals surface area contributed by atoms with Gasteiger partial charge in [-0.1, -0.05) is 20.8 Å². The van der Waals surface area contributed by atoms with E-state index in [-0.39, 0.29) is 11.1 Å². The zero-order valence-electron chi connectivity index (χ0n) is 14.5. The van der Waals surface area contributed by atoms with Crippen LogP contribution in [-0.2, 0) is 5.41 Å². The molecule has 3 aromatic rings. The SMILES string of the molecule is CC(C)(C)c1cc(C(C=N)=C(N)C(F)(F)F)nc2ccc3[nH]ncc3c12. The Kier molecular flexibility index (Phi) is 4.01. The number of allylic oxidation sites excluding steroid dienone is 2. The first-order valence-electron chi connectivity index (χ1n) is 7.89. The van der Waals surface area contributed by atoms with Crippen LogP contribution in [-0.4, -0.2) is 27.6 Å². The Morgan fingerprint density at radius 1 is 1.23 bits per heavy atom. The van der Waals surface area contributed by atoms with E-state index in [9.17, 15) is 13.2 Å². The van der Waals surface area contributed by atoms with Crippen LogP contribution in [0.1, 0.15) is 32.0 Å². The number of aromatic nitrogens is 3. The van der Waals surface area contributed by atoms with E-state index in [4.69, 9.17) is 11.1 Å². The van der Waals surface area contributed by atoms with Crippen molar-refractivity contribution < 1.29 is 13.2 Å². The van der Waals surface area contributed by atoms with Crippen LogP contribution in [0.3, 0.4) is 0 Å². The van der Waals surface area contributed by atoms with Crippen LogP contribution in [0.2, 0.25) is 0 Å². The second-order valence-corrected chi connectivity index (χ2v) is 7.07. The molecule has 0 radical (unpaired) electrons. The van der Waals surface area contributed by atoms with Gasteiger partial charge in [0.2, 0.25) is 0 Å². The third-order valence-electron chi connectivity index (χ3n) is 4.22. The highest BCUT2D eigenvalue weighted by atomic mass is 19.4.